The molecule has 2 aromatic rings. The number of nitrogens with zero attached hydrogens (tertiary/aromatic N) is 3. The lowest BCUT2D eigenvalue weighted by atomic mass is 9.72. The number of carboxylic acid groups (broad SMARTS) is 1. The Morgan fingerprint density at radius 1 is 1.00 bits per heavy atom. The van der Waals surface area contributed by atoms with E-state index < -0.39 is 35.4 Å². The molecule has 1 aromatic heterocycles. The minimum absolute atomic E-state index is 0.0800. The quantitative estimate of drug-likeness (QED) is 0.558. The van der Waals surface area contributed by atoms with Crippen LogP contribution >= 0.6 is 0 Å². The Morgan fingerprint density at radius 3 is 2.11 bits per heavy atom. The Labute approximate surface area is 218 Å². The Bertz CT molecular complexity index is 1080. The molecule has 4 atom stereocenters. The van der Waals surface area contributed by atoms with Crippen LogP contribution in [-0.2, 0) is 9.59 Å². The molecule has 0 radical (unpaired) electrons. The first kappa shape index (κ1) is 26.7. The van der Waals surface area contributed by atoms with Gasteiger partial charge in [0.2, 0.25) is 23.6 Å². The summed E-state index contributed by atoms with van der Waals surface area (Å²) in [5, 5.41) is 14.0. The lowest BCUT2D eigenvalue weighted by Gasteiger charge is -2.35. The van der Waals surface area contributed by atoms with Gasteiger partial charge in [-0.3, -0.25) is 4.79 Å². The normalized spacial score (nSPS) is 24.5. The number of ether oxygens (including phenoxy) is 2. The zero-order valence-corrected chi connectivity index (χ0v) is 22.3. The van der Waals surface area contributed by atoms with Gasteiger partial charge >= 0.3 is 5.97 Å². The molecule has 2 fully saturated rings. The number of aromatic nitrogens is 2. The highest BCUT2D eigenvalue weighted by molar-refractivity contribution is 5.87. The Morgan fingerprint density at radius 2 is 1.59 bits per heavy atom. The van der Waals surface area contributed by atoms with E-state index in [1.54, 1.807) is 11.0 Å². The number of amides is 1. The molecule has 200 valence electrons. The molecule has 9 heteroatoms. The summed E-state index contributed by atoms with van der Waals surface area (Å²) in [5.41, 5.74) is 0.412. The first-order valence-electron chi connectivity index (χ1n) is 13.0. The predicted molar refractivity (Wildman–Crippen MR) is 140 cm³/mol. The average molecular weight is 511 g/mol. The van der Waals surface area contributed by atoms with Crippen molar-refractivity contribution >= 4 is 17.8 Å². The summed E-state index contributed by atoms with van der Waals surface area (Å²) in [4.78, 5) is 37.6. The van der Waals surface area contributed by atoms with E-state index in [1.165, 1.54) is 14.2 Å². The smallest absolute Gasteiger partial charge is 0.326 e. The van der Waals surface area contributed by atoms with Crippen molar-refractivity contribution in [1.29, 1.82) is 0 Å². The van der Waals surface area contributed by atoms with Crippen molar-refractivity contribution in [2.75, 3.05) is 19.5 Å². The Hall–Kier alpha value is -3.36. The van der Waals surface area contributed by atoms with E-state index in [0.717, 1.165) is 37.7 Å². The van der Waals surface area contributed by atoms with E-state index in [4.69, 9.17) is 9.47 Å². The molecule has 2 N–H and O–H groups in total. The number of nitrogens with one attached hydrogen (secondary N) is 1. The van der Waals surface area contributed by atoms with E-state index in [2.05, 4.69) is 15.3 Å². The predicted octanol–water partition coefficient (Wildman–Crippen LogP) is 4.55. The van der Waals surface area contributed by atoms with Crippen LogP contribution in [0.15, 0.2) is 36.4 Å². The fourth-order valence-electron chi connectivity index (χ4n) is 6.04. The zero-order chi connectivity index (χ0) is 26.7. The van der Waals surface area contributed by atoms with Gasteiger partial charge < -0.3 is 24.8 Å². The van der Waals surface area contributed by atoms with Gasteiger partial charge in [0, 0.05) is 11.8 Å². The number of hydrogen-bond acceptors (Lipinski definition) is 7. The van der Waals surface area contributed by atoms with Crippen LogP contribution in [-0.4, -0.2) is 58.2 Å². The standard InChI is InChI=1S/C28H38N4O5/c1-28(2,3)21-22(31-27-29-19(36-4)16-20(30-27)37-5)23(17-12-8-6-9-13-17)32(24(21)26(34)35)25(33)18-14-10-7-11-15-18/h6,8-9,12-13,16,18,21-24H,7,10-11,14-15H2,1-5H3,(H,34,35)(H,29,30,31). The van der Waals surface area contributed by atoms with Crippen molar-refractivity contribution in [3.05, 3.63) is 42.0 Å². The summed E-state index contributed by atoms with van der Waals surface area (Å²) in [5.74, 6) is -0.797. The van der Waals surface area contributed by atoms with Gasteiger partial charge in [0.25, 0.3) is 0 Å². The van der Waals surface area contributed by atoms with Crippen molar-refractivity contribution < 1.29 is 24.2 Å². The van der Waals surface area contributed by atoms with Gasteiger partial charge in [0.1, 0.15) is 6.04 Å². The molecule has 1 aliphatic carbocycles. The SMILES string of the molecule is COc1cc(OC)nc(NC2C(c3ccccc3)N(C(=O)C3CCCCC3)C(C(=O)O)C2C(C)(C)C)n1. The van der Waals surface area contributed by atoms with Crippen molar-refractivity contribution in [3.63, 3.8) is 0 Å². The third-order valence-electron chi connectivity index (χ3n) is 7.66. The number of carbonyl (C=O) groups excluding carboxylic acids is 1. The fraction of sp³-hybridized carbons (Fsp3) is 0.571. The monoisotopic (exact) mass is 510 g/mol. The van der Waals surface area contributed by atoms with Crippen LogP contribution < -0.4 is 14.8 Å². The summed E-state index contributed by atoms with van der Waals surface area (Å²) in [6.07, 6.45) is 4.66. The van der Waals surface area contributed by atoms with Crippen molar-refractivity contribution in [2.45, 2.75) is 71.0 Å². The van der Waals surface area contributed by atoms with Crippen molar-refractivity contribution in [3.8, 4) is 11.8 Å². The van der Waals surface area contributed by atoms with Crippen molar-refractivity contribution in [2.24, 2.45) is 17.3 Å². The molecule has 1 saturated heterocycles. The summed E-state index contributed by atoms with van der Waals surface area (Å²) < 4.78 is 10.7. The van der Waals surface area contributed by atoms with Gasteiger partial charge in [-0.05, 0) is 23.8 Å². The van der Waals surface area contributed by atoms with Crippen LogP contribution in [0.25, 0.3) is 0 Å². The maximum absolute atomic E-state index is 14.1. The largest absolute Gasteiger partial charge is 0.481 e. The number of rotatable bonds is 7. The molecule has 0 spiro atoms. The maximum atomic E-state index is 14.1. The molecule has 0 bridgehead atoms. The highest BCUT2D eigenvalue weighted by atomic mass is 16.5. The number of benzene rings is 1. The fourth-order valence-corrected chi connectivity index (χ4v) is 6.04. The number of aliphatic carboxylic acids is 1. The van der Waals surface area contributed by atoms with Crippen molar-refractivity contribution in [1.82, 2.24) is 14.9 Å². The zero-order valence-electron chi connectivity index (χ0n) is 22.3. The number of carbonyl (C=O) groups is 2. The molecule has 37 heavy (non-hydrogen) atoms. The molecule has 1 aromatic carbocycles. The van der Waals surface area contributed by atoms with Crippen LogP contribution in [0.5, 0.6) is 11.8 Å². The number of carboxylic acids is 1. The molecule has 2 heterocycles. The summed E-state index contributed by atoms with van der Waals surface area (Å²) in [7, 11) is 3.02. The topological polar surface area (TPSA) is 114 Å². The highest BCUT2D eigenvalue weighted by Crippen LogP contribution is 2.50. The third kappa shape index (κ3) is 5.50. The van der Waals surface area contributed by atoms with E-state index in [0.29, 0.717) is 11.8 Å². The van der Waals surface area contributed by atoms with Crippen LogP contribution in [0.3, 0.4) is 0 Å². The highest BCUT2D eigenvalue weighted by Gasteiger charge is 2.58. The van der Waals surface area contributed by atoms with Crippen LogP contribution in [0.1, 0.15) is 64.5 Å². The Kier molecular flexibility index (Phi) is 7.90. The summed E-state index contributed by atoms with van der Waals surface area (Å²) in [6.45, 7) is 6.06. The first-order chi connectivity index (χ1) is 17.7. The van der Waals surface area contributed by atoms with Crippen LogP contribution in [0.2, 0.25) is 0 Å². The molecule has 2 aliphatic rings. The number of methoxy groups -OCH3 is 2. The summed E-state index contributed by atoms with van der Waals surface area (Å²) in [6, 6.07) is 9.23. The van der Waals surface area contributed by atoms with Gasteiger partial charge in [-0.15, -0.1) is 0 Å². The number of likely N-dealkylation sites (tertiary alicyclic amines) is 1. The minimum Gasteiger partial charge on any atom is -0.481 e. The van der Waals surface area contributed by atoms with E-state index in [-0.39, 0.29) is 17.8 Å². The molecule has 1 amide bonds. The minimum atomic E-state index is -1.01. The molecule has 1 saturated carbocycles. The van der Waals surface area contributed by atoms with Gasteiger partial charge in [-0.25, -0.2) is 4.79 Å². The second kappa shape index (κ2) is 10.9. The van der Waals surface area contributed by atoms with E-state index in [9.17, 15) is 14.7 Å². The first-order valence-corrected chi connectivity index (χ1v) is 13.0. The maximum Gasteiger partial charge on any atom is 0.326 e. The summed E-state index contributed by atoms with van der Waals surface area (Å²) >= 11 is 0. The molecule has 4 rings (SSSR count). The average Bonchev–Trinajstić information content (AvgIpc) is 3.24. The second-order valence-electron chi connectivity index (χ2n) is 11.1. The second-order valence-corrected chi connectivity index (χ2v) is 11.1. The molecule has 4 unspecified atom stereocenters. The van der Waals surface area contributed by atoms with E-state index >= 15 is 0 Å². The van der Waals surface area contributed by atoms with Crippen LogP contribution in [0, 0.1) is 17.3 Å². The van der Waals surface area contributed by atoms with Gasteiger partial charge in [0.15, 0.2) is 0 Å². The van der Waals surface area contributed by atoms with Gasteiger partial charge in [-0.2, -0.15) is 9.97 Å². The molecular weight excluding hydrogens is 472 g/mol. The van der Waals surface area contributed by atoms with Gasteiger partial charge in [0.05, 0.1) is 32.4 Å². The number of anilines is 1. The molecule has 9 nitrogen and oxygen atoms in total. The Balaban J connectivity index is 1.87. The van der Waals surface area contributed by atoms with Crippen LogP contribution in [0.4, 0.5) is 5.95 Å². The molecule has 1 aliphatic heterocycles. The molecular formula is C28H38N4O5. The lowest BCUT2D eigenvalue weighted by Crippen LogP contribution is -2.49. The lowest BCUT2D eigenvalue weighted by molar-refractivity contribution is -0.154. The van der Waals surface area contributed by atoms with E-state index in [1.807, 2.05) is 51.1 Å². The third-order valence-corrected chi connectivity index (χ3v) is 7.66. The number of hydrogen-bond donors (Lipinski definition) is 2. The van der Waals surface area contributed by atoms with Gasteiger partial charge in [-0.1, -0.05) is 70.4 Å².